The fourth-order valence-corrected chi connectivity index (χ4v) is 1.99. The predicted octanol–water partition coefficient (Wildman–Crippen LogP) is 1.22. The molecule has 1 saturated heterocycles. The molecule has 0 spiro atoms. The van der Waals surface area contributed by atoms with Gasteiger partial charge in [0.2, 0.25) is 0 Å². The monoisotopic (exact) mass is 195 g/mol. The van der Waals surface area contributed by atoms with Crippen molar-refractivity contribution in [2.24, 2.45) is 0 Å². The van der Waals surface area contributed by atoms with Gasteiger partial charge in [0, 0.05) is 6.54 Å². The van der Waals surface area contributed by atoms with Crippen LogP contribution < -0.4 is 5.32 Å². The summed E-state index contributed by atoms with van der Waals surface area (Å²) >= 11 is 0. The summed E-state index contributed by atoms with van der Waals surface area (Å²) in [5.41, 5.74) is 0. The van der Waals surface area contributed by atoms with Crippen LogP contribution in [0, 0.1) is 0 Å². The van der Waals surface area contributed by atoms with Gasteiger partial charge in [0.15, 0.2) is 5.79 Å². The molecule has 14 heavy (non-hydrogen) atoms. The van der Waals surface area contributed by atoms with Gasteiger partial charge in [-0.05, 0) is 13.8 Å². The predicted molar refractivity (Wildman–Crippen MR) is 55.0 cm³/mol. The number of hydrogen-bond acceptors (Lipinski definition) is 3. The van der Waals surface area contributed by atoms with E-state index in [1.807, 2.05) is 19.9 Å². The Balaban J connectivity index is 1.98. The van der Waals surface area contributed by atoms with Gasteiger partial charge >= 0.3 is 0 Å². The van der Waals surface area contributed by atoms with E-state index in [9.17, 15) is 0 Å². The quantitative estimate of drug-likeness (QED) is 0.687. The van der Waals surface area contributed by atoms with Crippen LogP contribution >= 0.6 is 0 Å². The Bertz CT molecular complexity index is 260. The summed E-state index contributed by atoms with van der Waals surface area (Å²) < 4.78 is 11.5. The van der Waals surface area contributed by atoms with Crippen molar-refractivity contribution in [1.82, 2.24) is 5.32 Å². The van der Waals surface area contributed by atoms with Gasteiger partial charge in [0.1, 0.15) is 12.2 Å². The normalized spacial score (nSPS) is 38.6. The highest BCUT2D eigenvalue weighted by Gasteiger charge is 2.45. The molecule has 1 fully saturated rings. The summed E-state index contributed by atoms with van der Waals surface area (Å²) in [4.78, 5) is 0. The average Bonchev–Trinajstić information content (AvgIpc) is 2.57. The third-order valence-corrected chi connectivity index (χ3v) is 2.52. The molecule has 0 bridgehead atoms. The maximum absolute atomic E-state index is 5.80. The lowest BCUT2D eigenvalue weighted by atomic mass is 10.2. The summed E-state index contributed by atoms with van der Waals surface area (Å²) in [5.74, 6) is -0.450. The van der Waals surface area contributed by atoms with Gasteiger partial charge in [-0.15, -0.1) is 6.58 Å². The first-order valence-electron chi connectivity index (χ1n) is 5.01. The zero-order valence-electron chi connectivity index (χ0n) is 8.69. The zero-order chi connectivity index (χ0) is 10.2. The van der Waals surface area contributed by atoms with Gasteiger partial charge < -0.3 is 14.8 Å². The van der Waals surface area contributed by atoms with Crippen molar-refractivity contribution in [2.45, 2.75) is 37.9 Å². The number of rotatable bonds is 3. The second-order valence-corrected chi connectivity index (χ2v) is 4.17. The third kappa shape index (κ3) is 1.75. The number of fused-ring (bicyclic) bond motifs is 1. The van der Waals surface area contributed by atoms with Crippen LogP contribution in [0.25, 0.3) is 0 Å². The molecule has 3 nitrogen and oxygen atoms in total. The highest BCUT2D eigenvalue weighted by Crippen LogP contribution is 2.34. The third-order valence-electron chi connectivity index (χ3n) is 2.52. The molecule has 0 aromatic rings. The average molecular weight is 195 g/mol. The fourth-order valence-electron chi connectivity index (χ4n) is 1.99. The Morgan fingerprint density at radius 1 is 1.43 bits per heavy atom. The molecule has 2 rings (SSSR count). The minimum absolute atomic E-state index is 0.104. The SMILES string of the molecule is C=CCN[C@@H]1C=C[C@H]2OC(C)(C)O[C@@H]12. The summed E-state index contributed by atoms with van der Waals surface area (Å²) in [6, 6.07) is 0.250. The van der Waals surface area contributed by atoms with E-state index in [1.54, 1.807) is 0 Å². The van der Waals surface area contributed by atoms with Crippen molar-refractivity contribution in [3.8, 4) is 0 Å². The lowest BCUT2D eigenvalue weighted by molar-refractivity contribution is -0.145. The van der Waals surface area contributed by atoms with Gasteiger partial charge in [-0.25, -0.2) is 0 Å². The molecule has 1 N–H and O–H groups in total. The molecule has 0 amide bonds. The van der Waals surface area contributed by atoms with Crippen molar-refractivity contribution in [3.05, 3.63) is 24.8 Å². The molecule has 1 aliphatic heterocycles. The molecular weight excluding hydrogens is 178 g/mol. The van der Waals surface area contributed by atoms with E-state index in [1.165, 1.54) is 0 Å². The standard InChI is InChI=1S/C11H17NO2/c1-4-7-12-8-5-6-9-10(8)14-11(2,3)13-9/h4-6,8-10,12H,1,7H2,2-3H3/t8-,9-,10+/m1/s1. The van der Waals surface area contributed by atoms with Crippen LogP contribution in [0.5, 0.6) is 0 Å². The van der Waals surface area contributed by atoms with E-state index in [4.69, 9.17) is 9.47 Å². The van der Waals surface area contributed by atoms with E-state index >= 15 is 0 Å². The summed E-state index contributed by atoms with van der Waals surface area (Å²) in [6.07, 6.45) is 6.24. The second-order valence-electron chi connectivity index (χ2n) is 4.17. The number of nitrogens with one attached hydrogen (secondary N) is 1. The lowest BCUT2D eigenvalue weighted by Gasteiger charge is -2.21. The van der Waals surface area contributed by atoms with Crippen LogP contribution in [-0.2, 0) is 9.47 Å². The molecule has 3 atom stereocenters. The van der Waals surface area contributed by atoms with Crippen molar-refractivity contribution in [3.63, 3.8) is 0 Å². The minimum atomic E-state index is -0.450. The highest BCUT2D eigenvalue weighted by atomic mass is 16.8. The van der Waals surface area contributed by atoms with Gasteiger partial charge in [-0.2, -0.15) is 0 Å². The molecule has 3 heteroatoms. The summed E-state index contributed by atoms with van der Waals surface area (Å²) in [7, 11) is 0. The molecule has 0 saturated carbocycles. The molecule has 1 heterocycles. The molecule has 1 aliphatic carbocycles. The number of hydrogen-bond donors (Lipinski definition) is 1. The maximum atomic E-state index is 5.80. The first-order chi connectivity index (χ1) is 6.62. The molecule has 0 radical (unpaired) electrons. The van der Waals surface area contributed by atoms with Crippen molar-refractivity contribution < 1.29 is 9.47 Å². The fraction of sp³-hybridized carbons (Fsp3) is 0.636. The maximum Gasteiger partial charge on any atom is 0.164 e. The van der Waals surface area contributed by atoms with Crippen molar-refractivity contribution in [2.75, 3.05) is 6.54 Å². The highest BCUT2D eigenvalue weighted by molar-refractivity contribution is 5.16. The largest absolute Gasteiger partial charge is 0.342 e. The summed E-state index contributed by atoms with van der Waals surface area (Å²) in [6.45, 7) is 8.37. The first kappa shape index (κ1) is 9.90. The van der Waals surface area contributed by atoms with Gasteiger partial charge in [-0.1, -0.05) is 18.2 Å². The van der Waals surface area contributed by atoms with E-state index in [0.29, 0.717) is 0 Å². The van der Waals surface area contributed by atoms with Crippen LogP contribution in [0.15, 0.2) is 24.8 Å². The Hall–Kier alpha value is -0.640. The zero-order valence-corrected chi connectivity index (χ0v) is 8.69. The van der Waals surface area contributed by atoms with E-state index < -0.39 is 5.79 Å². The molecular formula is C11H17NO2. The Labute approximate surface area is 84.8 Å². The molecule has 2 aliphatic rings. The van der Waals surface area contributed by atoms with Gasteiger partial charge in [0.25, 0.3) is 0 Å². The van der Waals surface area contributed by atoms with Gasteiger partial charge in [-0.3, -0.25) is 0 Å². The van der Waals surface area contributed by atoms with Crippen molar-refractivity contribution in [1.29, 1.82) is 0 Å². The Morgan fingerprint density at radius 2 is 2.21 bits per heavy atom. The van der Waals surface area contributed by atoms with Crippen LogP contribution in [0.1, 0.15) is 13.8 Å². The number of ether oxygens (including phenoxy) is 2. The molecule has 0 aromatic heterocycles. The Kier molecular flexibility index (Phi) is 2.47. The molecule has 0 aromatic carbocycles. The topological polar surface area (TPSA) is 30.5 Å². The van der Waals surface area contributed by atoms with Crippen LogP contribution in [0.3, 0.4) is 0 Å². The lowest BCUT2D eigenvalue weighted by Crippen LogP contribution is -2.40. The van der Waals surface area contributed by atoms with Crippen molar-refractivity contribution >= 4 is 0 Å². The van der Waals surface area contributed by atoms with Gasteiger partial charge in [0.05, 0.1) is 6.04 Å². The molecule has 0 unspecified atom stereocenters. The smallest absolute Gasteiger partial charge is 0.164 e. The summed E-state index contributed by atoms with van der Waals surface area (Å²) in [5, 5.41) is 3.33. The van der Waals surface area contributed by atoms with Crippen LogP contribution in [0.4, 0.5) is 0 Å². The first-order valence-corrected chi connectivity index (χ1v) is 5.01. The van der Waals surface area contributed by atoms with E-state index in [2.05, 4.69) is 24.0 Å². The van der Waals surface area contributed by atoms with Crippen LogP contribution in [0.2, 0.25) is 0 Å². The van der Waals surface area contributed by atoms with E-state index in [-0.39, 0.29) is 18.2 Å². The van der Waals surface area contributed by atoms with Crippen LogP contribution in [-0.4, -0.2) is 30.6 Å². The molecule has 78 valence electrons. The second kappa shape index (κ2) is 3.50. The minimum Gasteiger partial charge on any atom is -0.342 e. The Morgan fingerprint density at radius 3 is 2.93 bits per heavy atom. The van der Waals surface area contributed by atoms with E-state index in [0.717, 1.165) is 6.54 Å².